The monoisotopic (exact) mass is 279 g/mol. The van der Waals surface area contributed by atoms with Gasteiger partial charge in [-0.05, 0) is 24.8 Å². The summed E-state index contributed by atoms with van der Waals surface area (Å²) in [7, 11) is 1.39. The summed E-state index contributed by atoms with van der Waals surface area (Å²) in [5.74, 6) is 0.282. The SMILES string of the molecule is COC(=O)C(C)(C)c1ccc(C2=CSCN2O)cc1. The van der Waals surface area contributed by atoms with Gasteiger partial charge in [0, 0.05) is 5.56 Å². The van der Waals surface area contributed by atoms with Gasteiger partial charge in [-0.2, -0.15) is 0 Å². The lowest BCUT2D eigenvalue weighted by Gasteiger charge is -2.22. The maximum Gasteiger partial charge on any atom is 0.315 e. The highest BCUT2D eigenvalue weighted by Gasteiger charge is 2.30. The van der Waals surface area contributed by atoms with Gasteiger partial charge in [-0.25, -0.2) is 5.06 Å². The normalized spacial score (nSPS) is 15.4. The maximum atomic E-state index is 11.7. The molecule has 5 heteroatoms. The standard InChI is InChI=1S/C14H17NO3S/c1-14(2,13(16)18-3)11-6-4-10(5-7-11)12-8-19-9-15(12)17/h4-8,17H,9H2,1-3H3. The Kier molecular flexibility index (Phi) is 3.87. The molecule has 0 aliphatic carbocycles. The molecule has 1 aromatic rings. The summed E-state index contributed by atoms with van der Waals surface area (Å²) >= 11 is 1.54. The molecule has 1 aliphatic rings. The Morgan fingerprint density at radius 3 is 2.47 bits per heavy atom. The average molecular weight is 279 g/mol. The van der Waals surface area contributed by atoms with Crippen LogP contribution in [0.2, 0.25) is 0 Å². The number of methoxy groups -OCH3 is 1. The minimum atomic E-state index is -0.676. The number of rotatable bonds is 3. The molecule has 102 valence electrons. The van der Waals surface area contributed by atoms with Crippen molar-refractivity contribution in [1.29, 1.82) is 0 Å². The van der Waals surface area contributed by atoms with E-state index in [1.165, 1.54) is 12.2 Å². The van der Waals surface area contributed by atoms with Crippen LogP contribution in [-0.2, 0) is 14.9 Å². The number of carbonyl (C=O) groups is 1. The summed E-state index contributed by atoms with van der Waals surface area (Å²) in [5, 5.41) is 12.8. The minimum absolute atomic E-state index is 0.264. The molecule has 1 heterocycles. The van der Waals surface area contributed by atoms with Crippen molar-refractivity contribution >= 4 is 23.4 Å². The number of nitrogens with zero attached hydrogens (tertiary/aromatic N) is 1. The summed E-state index contributed by atoms with van der Waals surface area (Å²) in [6, 6.07) is 7.59. The zero-order valence-electron chi connectivity index (χ0n) is 11.2. The van der Waals surface area contributed by atoms with Gasteiger partial charge < -0.3 is 4.74 Å². The zero-order valence-corrected chi connectivity index (χ0v) is 12.0. The number of hydrogen-bond donors (Lipinski definition) is 1. The van der Waals surface area contributed by atoms with Gasteiger partial charge in [-0.3, -0.25) is 10.0 Å². The third-order valence-corrected chi connectivity index (χ3v) is 4.05. The van der Waals surface area contributed by atoms with Gasteiger partial charge in [0.2, 0.25) is 0 Å². The number of hydrogen-bond acceptors (Lipinski definition) is 5. The summed E-state index contributed by atoms with van der Waals surface area (Å²) in [5.41, 5.74) is 1.92. The molecule has 1 N–H and O–H groups in total. The van der Waals surface area contributed by atoms with Crippen molar-refractivity contribution in [3.05, 3.63) is 40.8 Å². The topological polar surface area (TPSA) is 49.8 Å². The van der Waals surface area contributed by atoms with Crippen LogP contribution in [-0.4, -0.2) is 29.2 Å². The molecule has 0 amide bonds. The molecule has 0 saturated heterocycles. The molecule has 0 saturated carbocycles. The number of carbonyl (C=O) groups excluding carboxylic acids is 1. The third kappa shape index (κ3) is 2.62. The first-order chi connectivity index (χ1) is 8.96. The second-order valence-corrected chi connectivity index (χ2v) is 5.72. The molecular weight excluding hydrogens is 262 g/mol. The lowest BCUT2D eigenvalue weighted by molar-refractivity contribution is -0.146. The van der Waals surface area contributed by atoms with E-state index in [-0.39, 0.29) is 5.97 Å². The van der Waals surface area contributed by atoms with Crippen LogP contribution in [0.1, 0.15) is 25.0 Å². The lowest BCUT2D eigenvalue weighted by atomic mass is 9.84. The van der Waals surface area contributed by atoms with E-state index in [1.807, 2.05) is 43.5 Å². The molecule has 4 nitrogen and oxygen atoms in total. The third-order valence-electron chi connectivity index (χ3n) is 3.27. The molecule has 0 aromatic heterocycles. The first kappa shape index (κ1) is 14.0. The van der Waals surface area contributed by atoms with Crippen LogP contribution in [0, 0.1) is 0 Å². The molecule has 0 bridgehead atoms. The summed E-state index contributed by atoms with van der Waals surface area (Å²) in [4.78, 5) is 11.7. The lowest BCUT2D eigenvalue weighted by Crippen LogP contribution is -2.30. The molecule has 0 spiro atoms. The van der Waals surface area contributed by atoms with Crippen molar-refractivity contribution in [2.45, 2.75) is 19.3 Å². The molecule has 0 radical (unpaired) electrons. The Labute approximate surface area is 117 Å². The molecule has 1 aromatic carbocycles. The van der Waals surface area contributed by atoms with Gasteiger partial charge in [0.1, 0.15) is 0 Å². The molecule has 0 atom stereocenters. The molecule has 1 aliphatic heterocycles. The van der Waals surface area contributed by atoms with Crippen molar-refractivity contribution in [3.8, 4) is 0 Å². The van der Waals surface area contributed by atoms with E-state index in [9.17, 15) is 10.0 Å². The van der Waals surface area contributed by atoms with E-state index in [0.29, 0.717) is 5.88 Å². The summed E-state index contributed by atoms with van der Waals surface area (Å²) < 4.78 is 4.81. The fourth-order valence-electron chi connectivity index (χ4n) is 1.96. The molecule has 0 unspecified atom stereocenters. The number of ether oxygens (including phenoxy) is 1. The van der Waals surface area contributed by atoms with Gasteiger partial charge in [0.05, 0.1) is 24.1 Å². The van der Waals surface area contributed by atoms with Crippen LogP contribution in [0.4, 0.5) is 0 Å². The fraction of sp³-hybridized carbons (Fsp3) is 0.357. The van der Waals surface area contributed by atoms with E-state index < -0.39 is 5.41 Å². The Morgan fingerprint density at radius 1 is 1.37 bits per heavy atom. The average Bonchev–Trinajstić information content (AvgIpc) is 2.84. The quantitative estimate of drug-likeness (QED) is 0.862. The number of thioether (sulfide) groups is 1. The van der Waals surface area contributed by atoms with Gasteiger partial charge in [-0.15, -0.1) is 11.8 Å². The van der Waals surface area contributed by atoms with E-state index in [0.717, 1.165) is 16.8 Å². The molecular formula is C14H17NO3S. The van der Waals surface area contributed by atoms with Gasteiger partial charge in [0.15, 0.2) is 0 Å². The van der Waals surface area contributed by atoms with Crippen molar-refractivity contribution in [2.24, 2.45) is 0 Å². The summed E-state index contributed by atoms with van der Waals surface area (Å²) in [6.45, 7) is 3.66. The Hall–Kier alpha value is -1.46. The Morgan fingerprint density at radius 2 is 2.00 bits per heavy atom. The zero-order chi connectivity index (χ0) is 14.0. The Bertz CT molecular complexity index is 508. The van der Waals surface area contributed by atoms with Crippen molar-refractivity contribution in [2.75, 3.05) is 13.0 Å². The second kappa shape index (κ2) is 5.27. The first-order valence-corrected chi connectivity index (χ1v) is 6.99. The molecule has 0 fully saturated rings. The Balaban J connectivity index is 2.26. The van der Waals surface area contributed by atoms with E-state index >= 15 is 0 Å². The maximum absolute atomic E-state index is 11.7. The minimum Gasteiger partial charge on any atom is -0.468 e. The predicted octanol–water partition coefficient (Wildman–Crippen LogP) is 2.83. The van der Waals surface area contributed by atoms with Crippen molar-refractivity contribution in [1.82, 2.24) is 5.06 Å². The van der Waals surface area contributed by atoms with E-state index in [4.69, 9.17) is 4.74 Å². The molecule has 2 rings (SSSR count). The van der Waals surface area contributed by atoms with Gasteiger partial charge in [-0.1, -0.05) is 24.3 Å². The fourth-order valence-corrected chi connectivity index (χ4v) is 2.74. The molecule has 19 heavy (non-hydrogen) atoms. The first-order valence-electron chi connectivity index (χ1n) is 5.94. The van der Waals surface area contributed by atoms with E-state index in [1.54, 1.807) is 11.8 Å². The van der Waals surface area contributed by atoms with Crippen LogP contribution in [0.3, 0.4) is 0 Å². The highest BCUT2D eigenvalue weighted by Crippen LogP contribution is 2.31. The van der Waals surface area contributed by atoms with Crippen LogP contribution in [0.15, 0.2) is 29.7 Å². The van der Waals surface area contributed by atoms with Crippen LogP contribution < -0.4 is 0 Å². The number of esters is 1. The number of hydroxylamine groups is 2. The van der Waals surface area contributed by atoms with Crippen LogP contribution in [0.25, 0.3) is 5.70 Å². The van der Waals surface area contributed by atoms with Crippen LogP contribution in [0.5, 0.6) is 0 Å². The highest BCUT2D eigenvalue weighted by atomic mass is 32.2. The summed E-state index contributed by atoms with van der Waals surface area (Å²) in [6.07, 6.45) is 0. The highest BCUT2D eigenvalue weighted by molar-refractivity contribution is 8.02. The smallest absolute Gasteiger partial charge is 0.315 e. The van der Waals surface area contributed by atoms with Crippen molar-refractivity contribution in [3.63, 3.8) is 0 Å². The largest absolute Gasteiger partial charge is 0.468 e. The number of benzene rings is 1. The van der Waals surface area contributed by atoms with Gasteiger partial charge >= 0.3 is 5.97 Å². The second-order valence-electron chi connectivity index (χ2n) is 4.89. The van der Waals surface area contributed by atoms with E-state index in [2.05, 4.69) is 0 Å². The predicted molar refractivity (Wildman–Crippen MR) is 75.5 cm³/mol. The van der Waals surface area contributed by atoms with Gasteiger partial charge in [0.25, 0.3) is 0 Å². The van der Waals surface area contributed by atoms with Crippen LogP contribution >= 0.6 is 11.8 Å². The van der Waals surface area contributed by atoms with Crippen molar-refractivity contribution < 1.29 is 14.7 Å².